The number of aromatic nitrogens is 2. The molecule has 1 aliphatic carbocycles. The number of fused-ring (bicyclic) bond motifs is 1. The standard InChI is InChI=1S/C24H18N2O3.CO2/c27-23(24-26-15-22(29-24)21-8-4-5-11-25-21)18-12-16-9-10-20(14-17(16)13-18)28-19-6-2-1-3-7-19;2-1-3/h1-11,14-15,18H,12-13H2;. The first-order chi connectivity index (χ1) is 15.7. The van der Waals surface area contributed by atoms with Gasteiger partial charge in [-0.2, -0.15) is 9.59 Å². The third kappa shape index (κ3) is 4.69. The van der Waals surface area contributed by atoms with Gasteiger partial charge in [-0.05, 0) is 60.4 Å². The molecule has 5 rings (SSSR count). The number of Topliss-reactive ketones (excluding diaryl/α,β-unsaturated/α-hetero) is 1. The van der Waals surface area contributed by atoms with Crippen molar-refractivity contribution in [1.82, 2.24) is 9.97 Å². The minimum Gasteiger partial charge on any atom is -0.457 e. The maximum atomic E-state index is 12.9. The van der Waals surface area contributed by atoms with Crippen LogP contribution in [0, 0.1) is 5.92 Å². The smallest absolute Gasteiger partial charge is 0.373 e. The molecular formula is C25H18N2O5. The lowest BCUT2D eigenvalue weighted by molar-refractivity contribution is -0.191. The third-order valence-electron chi connectivity index (χ3n) is 5.09. The number of carbonyl (C=O) groups excluding carboxylic acids is 3. The fourth-order valence-corrected chi connectivity index (χ4v) is 3.66. The molecule has 0 saturated heterocycles. The summed E-state index contributed by atoms with van der Waals surface area (Å²) in [5, 5.41) is 0. The predicted molar refractivity (Wildman–Crippen MR) is 113 cm³/mol. The van der Waals surface area contributed by atoms with Crippen LogP contribution in [0.1, 0.15) is 21.8 Å². The van der Waals surface area contributed by atoms with Crippen molar-refractivity contribution in [3.8, 4) is 23.0 Å². The first-order valence-electron chi connectivity index (χ1n) is 9.93. The second-order valence-electron chi connectivity index (χ2n) is 7.14. The van der Waals surface area contributed by atoms with E-state index in [-0.39, 0.29) is 23.7 Å². The summed E-state index contributed by atoms with van der Waals surface area (Å²) in [5.74, 6) is 1.96. The zero-order chi connectivity index (χ0) is 22.3. The summed E-state index contributed by atoms with van der Waals surface area (Å²) in [6.45, 7) is 0. The molecule has 32 heavy (non-hydrogen) atoms. The normalized spacial score (nSPS) is 13.9. The van der Waals surface area contributed by atoms with E-state index in [0.29, 0.717) is 24.3 Å². The molecule has 2 aromatic carbocycles. The molecule has 0 aliphatic heterocycles. The van der Waals surface area contributed by atoms with Crippen LogP contribution in [-0.4, -0.2) is 21.9 Å². The van der Waals surface area contributed by atoms with Crippen LogP contribution in [0.25, 0.3) is 11.5 Å². The molecule has 1 unspecified atom stereocenters. The molecule has 0 amide bonds. The van der Waals surface area contributed by atoms with E-state index in [1.807, 2.05) is 66.7 Å². The number of rotatable bonds is 5. The van der Waals surface area contributed by atoms with Crippen molar-refractivity contribution in [1.29, 1.82) is 0 Å². The van der Waals surface area contributed by atoms with Crippen LogP contribution < -0.4 is 4.74 Å². The van der Waals surface area contributed by atoms with Crippen molar-refractivity contribution in [2.75, 3.05) is 0 Å². The summed E-state index contributed by atoms with van der Waals surface area (Å²) in [7, 11) is 0. The Kier molecular flexibility index (Phi) is 6.30. The lowest BCUT2D eigenvalue weighted by Crippen LogP contribution is -2.15. The summed E-state index contributed by atoms with van der Waals surface area (Å²) in [4.78, 5) is 37.6. The number of ketones is 1. The monoisotopic (exact) mass is 426 g/mol. The Hall–Kier alpha value is -4.35. The molecule has 0 fully saturated rings. The molecule has 2 aromatic heterocycles. The lowest BCUT2D eigenvalue weighted by atomic mass is 10.0. The van der Waals surface area contributed by atoms with Crippen LogP contribution >= 0.6 is 0 Å². The summed E-state index contributed by atoms with van der Waals surface area (Å²) in [6, 6.07) is 21.2. The lowest BCUT2D eigenvalue weighted by Gasteiger charge is -2.07. The van der Waals surface area contributed by atoms with E-state index in [1.54, 1.807) is 12.4 Å². The Balaban J connectivity index is 0.000000775. The van der Waals surface area contributed by atoms with Gasteiger partial charge in [-0.25, -0.2) is 4.98 Å². The van der Waals surface area contributed by atoms with Gasteiger partial charge in [-0.1, -0.05) is 30.3 Å². The van der Waals surface area contributed by atoms with E-state index >= 15 is 0 Å². The van der Waals surface area contributed by atoms with Gasteiger partial charge >= 0.3 is 6.15 Å². The zero-order valence-electron chi connectivity index (χ0n) is 16.9. The molecule has 0 bridgehead atoms. The molecule has 7 heteroatoms. The van der Waals surface area contributed by atoms with Crippen LogP contribution in [0.4, 0.5) is 0 Å². The molecular weight excluding hydrogens is 408 g/mol. The van der Waals surface area contributed by atoms with E-state index in [2.05, 4.69) is 9.97 Å². The molecule has 158 valence electrons. The van der Waals surface area contributed by atoms with E-state index in [0.717, 1.165) is 17.1 Å². The van der Waals surface area contributed by atoms with Gasteiger partial charge in [0.15, 0.2) is 5.76 Å². The van der Waals surface area contributed by atoms with Gasteiger partial charge in [0.1, 0.15) is 17.2 Å². The van der Waals surface area contributed by atoms with Gasteiger partial charge in [-0.3, -0.25) is 9.78 Å². The summed E-state index contributed by atoms with van der Waals surface area (Å²) < 4.78 is 11.6. The van der Waals surface area contributed by atoms with Crippen molar-refractivity contribution in [2.45, 2.75) is 12.8 Å². The Bertz CT molecular complexity index is 1250. The fraction of sp³-hybridized carbons (Fsp3) is 0.120. The Morgan fingerprint density at radius 1 is 0.906 bits per heavy atom. The largest absolute Gasteiger partial charge is 0.457 e. The van der Waals surface area contributed by atoms with Gasteiger partial charge in [0, 0.05) is 12.1 Å². The van der Waals surface area contributed by atoms with Gasteiger partial charge in [0.2, 0.25) is 5.78 Å². The summed E-state index contributed by atoms with van der Waals surface area (Å²) in [6.07, 6.45) is 4.83. The van der Waals surface area contributed by atoms with Crippen LogP contribution in [0.3, 0.4) is 0 Å². The van der Waals surface area contributed by atoms with Crippen LogP contribution in [0.5, 0.6) is 11.5 Å². The van der Waals surface area contributed by atoms with Crippen LogP contribution in [-0.2, 0) is 22.4 Å². The Morgan fingerprint density at radius 2 is 1.66 bits per heavy atom. The van der Waals surface area contributed by atoms with Crippen molar-refractivity contribution in [2.24, 2.45) is 5.92 Å². The minimum absolute atomic E-state index is 0.0751. The van der Waals surface area contributed by atoms with E-state index < -0.39 is 0 Å². The van der Waals surface area contributed by atoms with Crippen LogP contribution in [0.15, 0.2) is 83.5 Å². The van der Waals surface area contributed by atoms with E-state index in [4.69, 9.17) is 18.7 Å². The minimum atomic E-state index is -0.174. The van der Waals surface area contributed by atoms with E-state index in [1.165, 1.54) is 5.56 Å². The van der Waals surface area contributed by atoms with Gasteiger partial charge in [0.05, 0.1) is 6.20 Å². The highest BCUT2D eigenvalue weighted by Crippen LogP contribution is 2.33. The van der Waals surface area contributed by atoms with Crippen molar-refractivity contribution < 1.29 is 23.5 Å². The number of carbonyl (C=O) groups is 1. The molecule has 7 nitrogen and oxygen atoms in total. The SMILES string of the molecule is O=C(c1ncc(-c2ccccn2)o1)C1Cc2ccc(Oc3ccccc3)cc2C1.O=C=O. The number of nitrogens with zero attached hydrogens (tertiary/aromatic N) is 2. The maximum Gasteiger partial charge on any atom is 0.373 e. The van der Waals surface area contributed by atoms with Gasteiger partial charge < -0.3 is 9.15 Å². The quantitative estimate of drug-likeness (QED) is 0.432. The fourth-order valence-electron chi connectivity index (χ4n) is 3.66. The average molecular weight is 426 g/mol. The highest BCUT2D eigenvalue weighted by molar-refractivity contribution is 5.95. The number of para-hydroxylation sites is 1. The number of hydrogen-bond acceptors (Lipinski definition) is 7. The molecule has 0 radical (unpaired) electrons. The number of pyridine rings is 1. The maximum absolute atomic E-state index is 12.9. The van der Waals surface area contributed by atoms with Crippen LogP contribution in [0.2, 0.25) is 0 Å². The molecule has 0 N–H and O–H groups in total. The first kappa shape index (κ1) is 20.9. The molecule has 4 aromatic rings. The third-order valence-corrected chi connectivity index (χ3v) is 5.09. The topological polar surface area (TPSA) is 99.4 Å². The first-order valence-corrected chi connectivity index (χ1v) is 9.93. The Labute approximate surface area is 183 Å². The number of oxazole rings is 1. The average Bonchev–Trinajstić information content (AvgIpc) is 3.48. The van der Waals surface area contributed by atoms with Gasteiger partial charge in [-0.15, -0.1) is 0 Å². The van der Waals surface area contributed by atoms with Crippen molar-refractivity contribution in [3.05, 3.63) is 96.1 Å². The molecule has 0 spiro atoms. The second-order valence-corrected chi connectivity index (χ2v) is 7.14. The second kappa shape index (κ2) is 9.64. The predicted octanol–water partition coefficient (Wildman–Crippen LogP) is 4.54. The number of ether oxygens (including phenoxy) is 1. The van der Waals surface area contributed by atoms with Crippen molar-refractivity contribution in [3.63, 3.8) is 0 Å². The van der Waals surface area contributed by atoms with Gasteiger partial charge in [0.25, 0.3) is 5.89 Å². The highest BCUT2D eigenvalue weighted by Gasteiger charge is 2.31. The summed E-state index contributed by atoms with van der Waals surface area (Å²) >= 11 is 0. The Morgan fingerprint density at radius 3 is 2.41 bits per heavy atom. The summed E-state index contributed by atoms with van der Waals surface area (Å²) in [5.41, 5.74) is 2.96. The highest BCUT2D eigenvalue weighted by atomic mass is 16.5. The zero-order valence-corrected chi connectivity index (χ0v) is 16.9. The molecule has 0 saturated carbocycles. The van der Waals surface area contributed by atoms with Crippen molar-refractivity contribution >= 4 is 11.9 Å². The molecule has 2 heterocycles. The number of hydrogen-bond donors (Lipinski definition) is 0. The molecule has 1 atom stereocenters. The van der Waals surface area contributed by atoms with E-state index in [9.17, 15) is 4.79 Å². The number of benzene rings is 2. The molecule has 1 aliphatic rings.